The molecule has 0 aliphatic rings. The minimum Gasteiger partial charge on any atom is -0.562 e. The molecule has 143 valence electrons. The summed E-state index contributed by atoms with van der Waals surface area (Å²) in [6.07, 6.45) is 5.15. The molecule has 0 spiro atoms. The normalized spacial score (nSPS) is 11.2. The molecule has 5 nitrogen and oxygen atoms in total. The van der Waals surface area contributed by atoms with Crippen LogP contribution in [0.1, 0.15) is 25.8 Å². The number of allylic oxidation sites excluding steroid dienone is 1. The molecule has 7 heteroatoms. The van der Waals surface area contributed by atoms with Crippen LogP contribution in [-0.2, 0) is 16.0 Å². The van der Waals surface area contributed by atoms with Crippen LogP contribution >= 0.6 is 0 Å². The molecule has 1 heterocycles. The van der Waals surface area contributed by atoms with Crippen molar-refractivity contribution in [3.63, 3.8) is 0 Å². The van der Waals surface area contributed by atoms with Crippen molar-refractivity contribution >= 4 is 22.8 Å². The third kappa shape index (κ3) is 4.43. The molecule has 1 amide bonds. The van der Waals surface area contributed by atoms with Gasteiger partial charge in [-0.25, -0.2) is 4.39 Å². The summed E-state index contributed by atoms with van der Waals surface area (Å²) in [5.74, 6) is -1.59. The van der Waals surface area contributed by atoms with Gasteiger partial charge in [-0.15, -0.1) is 12.5 Å². The van der Waals surface area contributed by atoms with Gasteiger partial charge in [-0.05, 0) is 30.2 Å². The number of H-pyrrole nitrogens is 1. The third-order valence-corrected chi connectivity index (χ3v) is 3.83. The number of fused-ring (bicyclic) bond motifs is 1. The van der Waals surface area contributed by atoms with Gasteiger partial charge in [-0.1, -0.05) is 6.92 Å². The number of carboxylic acids is 1. The zero-order valence-corrected chi connectivity index (χ0v) is 16.1. The van der Waals surface area contributed by atoms with E-state index in [-0.39, 0.29) is 30.3 Å². The summed E-state index contributed by atoms with van der Waals surface area (Å²) < 4.78 is 13.2. The number of aliphatic carboxylic acids is 1. The second-order valence-corrected chi connectivity index (χ2v) is 5.53. The molecule has 0 saturated heterocycles. The molecule has 1 aromatic heterocycles. The summed E-state index contributed by atoms with van der Waals surface area (Å²) >= 11 is 0. The first-order chi connectivity index (χ1) is 11.5. The van der Waals surface area contributed by atoms with E-state index in [1.54, 1.807) is 12.3 Å². The van der Waals surface area contributed by atoms with Crippen LogP contribution in [0.2, 0.25) is 0 Å². The molecule has 2 N–H and O–H groups in total. The second kappa shape index (κ2) is 8.29. The molecule has 1 aromatic carbocycles. The Morgan fingerprint density at radius 2 is 2.08 bits per heavy atom. The van der Waals surface area contributed by atoms with Gasteiger partial charge in [-0.3, -0.25) is 10.9 Å². The maximum atomic E-state index is 13.2. The average molecular weight is 593 g/mol. The second-order valence-electron chi connectivity index (χ2n) is 5.53. The van der Waals surface area contributed by atoms with Crippen LogP contribution in [-0.4, -0.2) is 40.0 Å². The van der Waals surface area contributed by atoms with E-state index in [2.05, 4.69) is 11.1 Å². The fraction of sp³-hybridized carbons (Fsp3) is 0.333. The number of hydrogen-bond donors (Lipinski definition) is 2. The number of hydrogen-bond acceptors (Lipinski definition) is 2. The Bertz CT molecular complexity index is 786. The van der Waals surface area contributed by atoms with Crippen molar-refractivity contribution in [3.05, 3.63) is 47.4 Å². The van der Waals surface area contributed by atoms with Crippen LogP contribution in [0.25, 0.3) is 10.9 Å². The van der Waals surface area contributed by atoms with Crippen LogP contribution < -0.4 is 0 Å². The van der Waals surface area contributed by atoms with Crippen molar-refractivity contribution in [1.82, 2.24) is 9.88 Å². The minimum absolute atomic E-state index is 0. The van der Waals surface area contributed by atoms with Crippen LogP contribution in [0.15, 0.2) is 30.0 Å². The minimum atomic E-state index is -1.08. The topological polar surface area (TPSA) is 73.4 Å². The number of benzene rings is 1. The Morgan fingerprint density at radius 1 is 1.36 bits per heavy atom. The summed E-state index contributed by atoms with van der Waals surface area (Å²) in [5, 5.41) is 9.91. The van der Waals surface area contributed by atoms with Gasteiger partial charge in [0.25, 0.3) is 0 Å². The predicted octanol–water partition coefficient (Wildman–Crippen LogP) is 2.92. The number of carbonyl (C=O) groups excluding carboxylic acids is 1. The van der Waals surface area contributed by atoms with Gasteiger partial charge in [-0.2, -0.15) is 0 Å². The first kappa shape index (κ1) is 19.4. The standard InChI is InChI=1S/C18H20FN2O3.Lr/c1-3-7-21(11-12(4-2)18(23)24)17(22)8-13-10-20-16-9-14(19)5-6-15(13)16;/h5-6,9-10,20H,3,7-8,11H2,1-2H3,(H,23,24);/q-1;. The predicted molar refractivity (Wildman–Crippen MR) is 88.9 cm³/mol. The van der Waals surface area contributed by atoms with Gasteiger partial charge in [0.05, 0.1) is 6.42 Å². The molecule has 25 heavy (non-hydrogen) atoms. The number of aromatic nitrogens is 1. The fourth-order valence-corrected chi connectivity index (χ4v) is 2.59. The van der Waals surface area contributed by atoms with Crippen molar-refractivity contribution in [2.75, 3.05) is 13.1 Å². The van der Waals surface area contributed by atoms with Gasteiger partial charge in [0, 0.05) is 30.2 Å². The number of rotatable bonds is 7. The summed E-state index contributed by atoms with van der Waals surface area (Å²) in [7, 11) is 0. The summed E-state index contributed by atoms with van der Waals surface area (Å²) in [6, 6.07) is 4.37. The first-order valence-corrected chi connectivity index (χ1v) is 7.76. The monoisotopic (exact) mass is 593 g/mol. The number of amides is 1. The first-order valence-electron chi connectivity index (χ1n) is 7.76. The molecule has 0 unspecified atom stereocenters. The van der Waals surface area contributed by atoms with E-state index >= 15 is 0 Å². The molecule has 0 bridgehead atoms. The van der Waals surface area contributed by atoms with Gasteiger partial charge < -0.3 is 19.8 Å². The maximum absolute atomic E-state index is 13.2. The van der Waals surface area contributed by atoms with Crippen molar-refractivity contribution < 1.29 is 19.1 Å². The fourth-order valence-electron chi connectivity index (χ4n) is 2.59. The van der Waals surface area contributed by atoms with E-state index in [1.165, 1.54) is 24.0 Å². The summed E-state index contributed by atoms with van der Waals surface area (Å²) in [5.41, 5.74) is 1.46. The molecule has 0 fully saturated rings. The van der Waals surface area contributed by atoms with E-state index in [9.17, 15) is 14.0 Å². The Balaban J connectivity index is 0.00000312. The molecular weight excluding hydrogens is 573 g/mol. The van der Waals surface area contributed by atoms with Gasteiger partial charge in [0.15, 0.2) is 5.97 Å². The number of aromatic amines is 1. The Hall–Kier alpha value is -3.63. The molecule has 0 atom stereocenters. The summed E-state index contributed by atoms with van der Waals surface area (Å²) in [4.78, 5) is 28.2. The Labute approximate surface area is 139 Å². The number of carboxylic acid groups (broad SMARTS) is 1. The van der Waals surface area contributed by atoms with E-state index in [0.717, 1.165) is 17.4 Å². The van der Waals surface area contributed by atoms with Crippen molar-refractivity contribution in [2.45, 2.75) is 26.7 Å². The third-order valence-electron chi connectivity index (χ3n) is 3.83. The average Bonchev–Trinajstić information content (AvgIpc) is 2.92. The number of carbonyl (C=O) groups is 2. The van der Waals surface area contributed by atoms with Crippen LogP contribution in [0.4, 0.5) is 4.39 Å². The Kier molecular flexibility index (Phi) is 6.44. The number of halogens is 1. The largest absolute Gasteiger partial charge is 0.562 e. The van der Waals surface area contributed by atoms with Crippen molar-refractivity contribution in [1.29, 1.82) is 0 Å². The molecule has 2 aromatic rings. The number of nitrogens with one attached hydrogen (secondary N) is 1. The zero-order chi connectivity index (χ0) is 17.7. The van der Waals surface area contributed by atoms with Crippen LogP contribution in [0.5, 0.6) is 0 Å². The molecule has 2 rings (SSSR count). The number of nitrogens with zero attached hydrogens (tertiary/aromatic N) is 1. The quantitative estimate of drug-likeness (QED) is 0.384. The molecule has 1 radical (unpaired) electrons. The van der Waals surface area contributed by atoms with Crippen LogP contribution in [0.3, 0.4) is 0 Å². The van der Waals surface area contributed by atoms with Crippen LogP contribution in [0, 0.1) is 11.9 Å². The van der Waals surface area contributed by atoms with Crippen molar-refractivity contribution in [2.24, 2.45) is 0 Å². The van der Waals surface area contributed by atoms with E-state index < -0.39 is 5.97 Å². The van der Waals surface area contributed by atoms with Gasteiger partial charge in [0.1, 0.15) is 5.82 Å². The van der Waals surface area contributed by atoms with E-state index in [1.807, 2.05) is 6.92 Å². The van der Waals surface area contributed by atoms with Gasteiger partial charge in [0.2, 0.25) is 5.91 Å². The van der Waals surface area contributed by atoms with E-state index in [0.29, 0.717) is 12.1 Å². The SMILES string of the molecule is C[C-]=C(CN(CCC)C(=O)Cc1c[nH]c2cc(F)ccc12)C(=O)O.[Lr]. The van der Waals surface area contributed by atoms with E-state index in [4.69, 9.17) is 5.11 Å². The molecule has 0 aliphatic carbocycles. The molecule has 0 saturated carbocycles. The molecular formula is C18H20FLrN2O3-. The van der Waals surface area contributed by atoms with Gasteiger partial charge >= 0.3 is 0 Å². The maximum Gasteiger partial charge on any atom is 0.227 e. The smallest absolute Gasteiger partial charge is 0.227 e. The Morgan fingerprint density at radius 3 is 2.68 bits per heavy atom. The van der Waals surface area contributed by atoms with Crippen molar-refractivity contribution in [3.8, 4) is 0 Å². The molecule has 0 aliphatic heterocycles. The zero-order valence-electron chi connectivity index (χ0n) is 14.0. The summed E-state index contributed by atoms with van der Waals surface area (Å²) in [6.45, 7) is 3.94.